The number of carbonyl (C=O) groups excluding carboxylic acids is 2. The molecule has 0 unspecified atom stereocenters. The molecule has 31 heavy (non-hydrogen) atoms. The second-order valence-corrected chi connectivity index (χ2v) is 9.31. The molecule has 0 aliphatic heterocycles. The number of thiophene rings is 1. The Bertz CT molecular complexity index is 1160. The van der Waals surface area contributed by atoms with Gasteiger partial charge in [-0.05, 0) is 60.8 Å². The number of sulfonamides is 1. The summed E-state index contributed by atoms with van der Waals surface area (Å²) in [5.41, 5.74) is 0.703. The molecule has 3 aromatic rings. The molecule has 0 aliphatic carbocycles. The van der Waals surface area contributed by atoms with E-state index in [1.807, 2.05) is 0 Å². The van der Waals surface area contributed by atoms with E-state index in [1.165, 1.54) is 24.3 Å². The van der Waals surface area contributed by atoms with Gasteiger partial charge in [0.05, 0.1) is 17.9 Å². The molecule has 1 N–H and O–H groups in total. The van der Waals surface area contributed by atoms with Crippen LogP contribution < -0.4 is 9.62 Å². The van der Waals surface area contributed by atoms with Crippen LogP contribution in [0.1, 0.15) is 17.3 Å². The maximum atomic E-state index is 13.3. The number of benzene rings is 2. The summed E-state index contributed by atoms with van der Waals surface area (Å²) >= 11 is 1.01. The lowest BCUT2D eigenvalue weighted by molar-refractivity contribution is -0.114. The van der Waals surface area contributed by atoms with Crippen LogP contribution >= 0.6 is 11.3 Å². The van der Waals surface area contributed by atoms with Gasteiger partial charge in [-0.1, -0.05) is 12.1 Å². The van der Waals surface area contributed by atoms with Gasteiger partial charge in [0.15, 0.2) is 0 Å². The Labute approximate surface area is 183 Å². The van der Waals surface area contributed by atoms with Crippen molar-refractivity contribution >= 4 is 44.6 Å². The number of amides is 1. The molecule has 0 spiro atoms. The fourth-order valence-corrected chi connectivity index (χ4v) is 5.24. The predicted molar refractivity (Wildman–Crippen MR) is 116 cm³/mol. The van der Waals surface area contributed by atoms with Gasteiger partial charge < -0.3 is 10.1 Å². The number of nitrogens with one attached hydrogen (secondary N) is 1. The Hall–Kier alpha value is -3.24. The van der Waals surface area contributed by atoms with Gasteiger partial charge in [-0.25, -0.2) is 17.6 Å². The highest BCUT2D eigenvalue weighted by molar-refractivity contribution is 7.94. The highest BCUT2D eigenvalue weighted by atomic mass is 32.2. The minimum absolute atomic E-state index is 0.0499. The number of hydrogen-bond donors (Lipinski definition) is 1. The lowest BCUT2D eigenvalue weighted by Crippen LogP contribution is -2.37. The summed E-state index contributed by atoms with van der Waals surface area (Å²) in [5.74, 6) is -1.70. The smallest absolute Gasteiger partial charge is 0.338 e. The van der Waals surface area contributed by atoms with E-state index < -0.39 is 34.3 Å². The highest BCUT2D eigenvalue weighted by Crippen LogP contribution is 2.27. The molecule has 1 amide bonds. The van der Waals surface area contributed by atoms with E-state index in [2.05, 4.69) is 5.32 Å². The molecular formula is C21H19FN2O5S2. The van der Waals surface area contributed by atoms with Gasteiger partial charge in [-0.2, -0.15) is 0 Å². The summed E-state index contributed by atoms with van der Waals surface area (Å²) in [4.78, 5) is 24.6. The molecule has 7 nitrogen and oxygen atoms in total. The van der Waals surface area contributed by atoms with Gasteiger partial charge in [0.1, 0.15) is 16.6 Å². The van der Waals surface area contributed by atoms with Gasteiger partial charge in [-0.3, -0.25) is 9.10 Å². The number of anilines is 2. The molecule has 0 radical (unpaired) electrons. The molecule has 0 aliphatic rings. The number of halogens is 1. The molecule has 0 bridgehead atoms. The first-order valence-corrected chi connectivity index (χ1v) is 11.5. The summed E-state index contributed by atoms with van der Waals surface area (Å²) in [5, 5.41) is 4.19. The van der Waals surface area contributed by atoms with Crippen LogP contribution in [-0.2, 0) is 19.6 Å². The maximum Gasteiger partial charge on any atom is 0.338 e. The first-order valence-electron chi connectivity index (χ1n) is 9.20. The second-order valence-electron chi connectivity index (χ2n) is 6.27. The Morgan fingerprint density at radius 1 is 1.10 bits per heavy atom. The van der Waals surface area contributed by atoms with Crippen molar-refractivity contribution in [2.45, 2.75) is 11.1 Å². The first-order chi connectivity index (χ1) is 14.8. The van der Waals surface area contributed by atoms with E-state index in [1.54, 1.807) is 36.6 Å². The molecular weight excluding hydrogens is 443 g/mol. The van der Waals surface area contributed by atoms with Crippen molar-refractivity contribution in [1.82, 2.24) is 0 Å². The van der Waals surface area contributed by atoms with Gasteiger partial charge in [0.25, 0.3) is 10.0 Å². The summed E-state index contributed by atoms with van der Waals surface area (Å²) in [6.45, 7) is 1.35. The molecule has 0 atom stereocenters. The van der Waals surface area contributed by atoms with Crippen molar-refractivity contribution in [2.24, 2.45) is 0 Å². The lowest BCUT2D eigenvalue weighted by atomic mass is 10.2. The quantitative estimate of drug-likeness (QED) is 0.513. The van der Waals surface area contributed by atoms with Gasteiger partial charge in [-0.15, -0.1) is 11.3 Å². The van der Waals surface area contributed by atoms with E-state index >= 15 is 0 Å². The predicted octanol–water partition coefficient (Wildman–Crippen LogP) is 3.90. The Balaban J connectivity index is 1.85. The molecule has 10 heteroatoms. The SMILES string of the molecule is CCOC(=O)c1cccc(NC(=O)CN(c2ccc(F)cc2)S(=O)(=O)c2cccs2)c1. The molecule has 1 heterocycles. The van der Waals surface area contributed by atoms with Crippen molar-refractivity contribution in [2.75, 3.05) is 22.8 Å². The normalized spacial score (nSPS) is 11.0. The van der Waals surface area contributed by atoms with E-state index in [4.69, 9.17) is 4.74 Å². The van der Waals surface area contributed by atoms with Crippen molar-refractivity contribution in [3.63, 3.8) is 0 Å². The largest absolute Gasteiger partial charge is 0.462 e. The van der Waals surface area contributed by atoms with Crippen LogP contribution in [0, 0.1) is 5.82 Å². The average molecular weight is 463 g/mol. The molecule has 3 rings (SSSR count). The van der Waals surface area contributed by atoms with Gasteiger partial charge >= 0.3 is 5.97 Å². The van der Waals surface area contributed by atoms with Crippen LogP contribution in [0.2, 0.25) is 0 Å². The number of nitrogens with zero attached hydrogens (tertiary/aromatic N) is 1. The van der Waals surface area contributed by atoms with Crippen LogP contribution in [0.4, 0.5) is 15.8 Å². The Morgan fingerprint density at radius 2 is 1.84 bits per heavy atom. The molecule has 0 saturated heterocycles. The van der Waals surface area contributed by atoms with Gasteiger partial charge in [0.2, 0.25) is 5.91 Å². The number of hydrogen-bond acceptors (Lipinski definition) is 6. The van der Waals surface area contributed by atoms with E-state index in [0.29, 0.717) is 5.69 Å². The van der Waals surface area contributed by atoms with Crippen molar-refractivity contribution in [3.8, 4) is 0 Å². The monoisotopic (exact) mass is 462 g/mol. The third-order valence-corrected chi connectivity index (χ3v) is 7.25. The number of ether oxygens (including phenoxy) is 1. The molecule has 0 saturated carbocycles. The standard InChI is InChI=1S/C21H19FN2O5S2/c1-2-29-21(26)15-5-3-6-17(13-15)23-19(25)14-24(18-10-8-16(22)9-11-18)31(27,28)20-7-4-12-30-20/h3-13H,2,14H2,1H3,(H,23,25). The zero-order valence-electron chi connectivity index (χ0n) is 16.4. The van der Waals surface area contributed by atoms with Crippen LogP contribution in [-0.4, -0.2) is 33.4 Å². The third-order valence-electron chi connectivity index (χ3n) is 4.10. The van der Waals surface area contributed by atoms with Crippen molar-refractivity contribution in [1.29, 1.82) is 0 Å². The molecule has 0 fully saturated rings. The van der Waals surface area contributed by atoms with E-state index in [0.717, 1.165) is 27.8 Å². The summed E-state index contributed by atoms with van der Waals surface area (Å²) in [6.07, 6.45) is 0. The molecule has 1 aromatic heterocycles. The number of carbonyl (C=O) groups is 2. The molecule has 2 aromatic carbocycles. The Morgan fingerprint density at radius 3 is 2.48 bits per heavy atom. The van der Waals surface area contributed by atoms with Gasteiger partial charge in [0, 0.05) is 5.69 Å². The van der Waals surface area contributed by atoms with Crippen LogP contribution in [0.15, 0.2) is 70.3 Å². The number of rotatable bonds is 8. The minimum atomic E-state index is -4.05. The average Bonchev–Trinajstić information content (AvgIpc) is 3.29. The fourth-order valence-electron chi connectivity index (χ4n) is 2.71. The summed E-state index contributed by atoms with van der Waals surface area (Å²) < 4.78 is 45.4. The van der Waals surface area contributed by atoms with Crippen molar-refractivity contribution < 1.29 is 27.1 Å². The van der Waals surface area contributed by atoms with Crippen LogP contribution in [0.3, 0.4) is 0 Å². The fraction of sp³-hybridized carbons (Fsp3) is 0.143. The molecule has 162 valence electrons. The maximum absolute atomic E-state index is 13.3. The lowest BCUT2D eigenvalue weighted by Gasteiger charge is -2.23. The topological polar surface area (TPSA) is 92.8 Å². The zero-order valence-corrected chi connectivity index (χ0v) is 18.1. The summed E-state index contributed by atoms with van der Waals surface area (Å²) in [6, 6.07) is 13.9. The summed E-state index contributed by atoms with van der Waals surface area (Å²) in [7, 11) is -4.05. The zero-order chi connectivity index (χ0) is 22.4. The third kappa shape index (κ3) is 5.47. The second kappa shape index (κ2) is 9.71. The van der Waals surface area contributed by atoms with E-state index in [9.17, 15) is 22.4 Å². The highest BCUT2D eigenvalue weighted by Gasteiger charge is 2.28. The Kier molecular flexibility index (Phi) is 7.03. The van der Waals surface area contributed by atoms with E-state index in [-0.39, 0.29) is 22.1 Å². The van der Waals surface area contributed by atoms with Crippen LogP contribution in [0.25, 0.3) is 0 Å². The minimum Gasteiger partial charge on any atom is -0.462 e. The first kappa shape index (κ1) is 22.4. The van der Waals surface area contributed by atoms with Crippen LogP contribution in [0.5, 0.6) is 0 Å². The van der Waals surface area contributed by atoms with Crippen molar-refractivity contribution in [3.05, 3.63) is 77.4 Å². The number of esters is 1.